The third-order valence-corrected chi connectivity index (χ3v) is 4.76. The molecule has 5 nitrogen and oxygen atoms in total. The van der Waals surface area contributed by atoms with Crippen molar-refractivity contribution >= 4 is 22.6 Å². The lowest BCUT2D eigenvalue weighted by Crippen LogP contribution is -2.47. The number of benzene rings is 3. The van der Waals surface area contributed by atoms with E-state index >= 15 is 0 Å². The molecule has 0 aliphatic carbocycles. The van der Waals surface area contributed by atoms with Crippen LogP contribution in [0.5, 0.6) is 0 Å². The Bertz CT molecular complexity index is 1150. The van der Waals surface area contributed by atoms with Crippen LogP contribution in [0.4, 0.5) is 14.6 Å². The Labute approximate surface area is 171 Å². The highest BCUT2D eigenvalue weighted by Gasteiger charge is 2.40. The van der Waals surface area contributed by atoms with E-state index in [0.29, 0.717) is 5.82 Å². The van der Waals surface area contributed by atoms with Gasteiger partial charge < -0.3 is 5.11 Å². The molecule has 3 N–H and O–H groups in total. The number of pyridine rings is 1. The van der Waals surface area contributed by atoms with Crippen LogP contribution in [0.1, 0.15) is 11.1 Å². The molecule has 0 saturated heterocycles. The molecule has 1 heterocycles. The molecule has 30 heavy (non-hydrogen) atoms. The SMILES string of the molecule is O=C(NNc1ccc2ccccc2n1)C(O)(c1ccc(F)cc1)c1ccc(F)cc1. The molecule has 1 aromatic heterocycles. The van der Waals surface area contributed by atoms with E-state index in [-0.39, 0.29) is 11.1 Å². The number of anilines is 1. The van der Waals surface area contributed by atoms with Crippen LogP contribution in [0.15, 0.2) is 84.9 Å². The van der Waals surface area contributed by atoms with Crippen LogP contribution in [-0.2, 0) is 10.4 Å². The summed E-state index contributed by atoms with van der Waals surface area (Å²) >= 11 is 0. The maximum atomic E-state index is 13.4. The number of hydrogen-bond acceptors (Lipinski definition) is 4. The fourth-order valence-corrected chi connectivity index (χ4v) is 3.16. The highest BCUT2D eigenvalue weighted by molar-refractivity contribution is 5.91. The van der Waals surface area contributed by atoms with E-state index in [9.17, 15) is 18.7 Å². The fraction of sp³-hybridized carbons (Fsp3) is 0.0435. The summed E-state index contributed by atoms with van der Waals surface area (Å²) in [5.74, 6) is -1.50. The molecule has 0 atom stereocenters. The molecule has 3 aromatic carbocycles. The first-order valence-corrected chi connectivity index (χ1v) is 9.13. The fourth-order valence-electron chi connectivity index (χ4n) is 3.16. The smallest absolute Gasteiger partial charge is 0.279 e. The number of carbonyl (C=O) groups is 1. The second kappa shape index (κ2) is 7.88. The van der Waals surface area contributed by atoms with Crippen LogP contribution in [0.3, 0.4) is 0 Å². The second-order valence-electron chi connectivity index (χ2n) is 6.69. The summed E-state index contributed by atoms with van der Waals surface area (Å²) in [4.78, 5) is 17.4. The van der Waals surface area contributed by atoms with E-state index in [4.69, 9.17) is 0 Å². The molecule has 4 rings (SSSR count). The molecule has 0 bridgehead atoms. The highest BCUT2D eigenvalue weighted by Crippen LogP contribution is 2.30. The summed E-state index contributed by atoms with van der Waals surface area (Å²) in [6, 6.07) is 20.7. The molecule has 0 unspecified atom stereocenters. The van der Waals surface area contributed by atoms with Crippen LogP contribution < -0.4 is 10.9 Å². The van der Waals surface area contributed by atoms with Crippen molar-refractivity contribution < 1.29 is 18.7 Å². The Morgan fingerprint density at radius 2 is 1.37 bits per heavy atom. The molecule has 4 aromatic rings. The lowest BCUT2D eigenvalue weighted by atomic mass is 9.85. The van der Waals surface area contributed by atoms with E-state index in [0.717, 1.165) is 35.2 Å². The highest BCUT2D eigenvalue weighted by atomic mass is 19.1. The van der Waals surface area contributed by atoms with Gasteiger partial charge in [-0.3, -0.25) is 15.6 Å². The minimum absolute atomic E-state index is 0.126. The first-order valence-electron chi connectivity index (χ1n) is 9.13. The summed E-state index contributed by atoms with van der Waals surface area (Å²) in [5.41, 5.74) is 3.92. The van der Waals surface area contributed by atoms with Gasteiger partial charge in [0.25, 0.3) is 5.91 Å². The molecular formula is C23H17F2N3O2. The lowest BCUT2D eigenvalue weighted by molar-refractivity contribution is -0.136. The van der Waals surface area contributed by atoms with E-state index in [1.807, 2.05) is 30.3 Å². The van der Waals surface area contributed by atoms with E-state index in [1.54, 1.807) is 6.07 Å². The first-order chi connectivity index (χ1) is 14.5. The van der Waals surface area contributed by atoms with Gasteiger partial charge in [-0.05, 0) is 53.6 Å². The summed E-state index contributed by atoms with van der Waals surface area (Å²) in [5, 5.41) is 12.3. The van der Waals surface area contributed by atoms with Gasteiger partial charge in [0.2, 0.25) is 0 Å². The van der Waals surface area contributed by atoms with Gasteiger partial charge in [-0.1, -0.05) is 42.5 Å². The van der Waals surface area contributed by atoms with E-state index < -0.39 is 23.1 Å². The molecular weight excluding hydrogens is 388 g/mol. The van der Waals surface area contributed by atoms with Crippen molar-refractivity contribution in [1.82, 2.24) is 10.4 Å². The molecule has 0 saturated carbocycles. The number of aliphatic hydroxyl groups is 1. The maximum absolute atomic E-state index is 13.4. The van der Waals surface area contributed by atoms with Crippen LogP contribution in [-0.4, -0.2) is 16.0 Å². The van der Waals surface area contributed by atoms with Crippen LogP contribution in [0.25, 0.3) is 10.9 Å². The van der Waals surface area contributed by atoms with Gasteiger partial charge in [-0.15, -0.1) is 0 Å². The van der Waals surface area contributed by atoms with Gasteiger partial charge in [0.1, 0.15) is 17.5 Å². The Hall–Kier alpha value is -3.84. The molecule has 0 aliphatic rings. The minimum Gasteiger partial charge on any atom is -0.372 e. The predicted molar refractivity (Wildman–Crippen MR) is 109 cm³/mol. The van der Waals surface area contributed by atoms with Crippen LogP contribution in [0.2, 0.25) is 0 Å². The largest absolute Gasteiger partial charge is 0.372 e. The number of fused-ring (bicyclic) bond motifs is 1. The summed E-state index contributed by atoms with van der Waals surface area (Å²) in [6.07, 6.45) is 0. The van der Waals surface area contributed by atoms with Crippen LogP contribution >= 0.6 is 0 Å². The predicted octanol–water partition coefficient (Wildman–Crippen LogP) is 3.89. The van der Waals surface area contributed by atoms with Crippen molar-refractivity contribution in [3.05, 3.63) is 108 Å². The molecule has 0 spiro atoms. The summed E-state index contributed by atoms with van der Waals surface area (Å²) in [6.45, 7) is 0. The topological polar surface area (TPSA) is 74.2 Å². The number of hydrogen-bond donors (Lipinski definition) is 3. The van der Waals surface area contributed by atoms with Gasteiger partial charge in [0.05, 0.1) is 5.52 Å². The first kappa shape index (κ1) is 19.5. The van der Waals surface area contributed by atoms with Crippen molar-refractivity contribution in [2.45, 2.75) is 5.60 Å². The van der Waals surface area contributed by atoms with Gasteiger partial charge in [-0.25, -0.2) is 13.8 Å². The summed E-state index contributed by atoms with van der Waals surface area (Å²) in [7, 11) is 0. The Balaban J connectivity index is 1.64. The van der Waals surface area contributed by atoms with Gasteiger partial charge >= 0.3 is 0 Å². The number of amides is 1. The number of aromatic nitrogens is 1. The van der Waals surface area contributed by atoms with Crippen molar-refractivity contribution in [2.75, 3.05) is 5.43 Å². The van der Waals surface area contributed by atoms with Crippen molar-refractivity contribution in [1.29, 1.82) is 0 Å². The molecule has 0 aliphatic heterocycles. The zero-order valence-electron chi connectivity index (χ0n) is 15.6. The third-order valence-electron chi connectivity index (χ3n) is 4.76. The standard InChI is InChI=1S/C23H17F2N3O2/c24-18-10-6-16(7-11-18)23(30,17-8-12-19(25)13-9-17)22(29)28-27-21-14-5-15-3-1-2-4-20(15)26-21/h1-14,30H,(H,26,27)(H,28,29). The number of hydrazine groups is 1. The zero-order chi connectivity index (χ0) is 21.1. The Morgan fingerprint density at radius 1 is 0.800 bits per heavy atom. The van der Waals surface area contributed by atoms with E-state index in [2.05, 4.69) is 15.8 Å². The average molecular weight is 405 g/mol. The molecule has 150 valence electrons. The maximum Gasteiger partial charge on any atom is 0.279 e. The molecule has 1 amide bonds. The quantitative estimate of drug-likeness (QED) is 0.441. The van der Waals surface area contributed by atoms with Crippen LogP contribution in [0, 0.1) is 11.6 Å². The molecule has 7 heteroatoms. The van der Waals surface area contributed by atoms with Crippen molar-refractivity contribution in [2.24, 2.45) is 0 Å². The normalized spacial score (nSPS) is 11.3. The second-order valence-corrected chi connectivity index (χ2v) is 6.69. The van der Waals surface area contributed by atoms with Gasteiger partial charge in [-0.2, -0.15) is 0 Å². The number of halogens is 2. The lowest BCUT2D eigenvalue weighted by Gasteiger charge is -2.28. The number of para-hydroxylation sites is 1. The number of nitrogens with one attached hydrogen (secondary N) is 2. The summed E-state index contributed by atoms with van der Waals surface area (Å²) < 4.78 is 26.8. The number of rotatable bonds is 5. The van der Waals surface area contributed by atoms with Crippen molar-refractivity contribution in [3.63, 3.8) is 0 Å². The number of carbonyl (C=O) groups excluding carboxylic acids is 1. The minimum atomic E-state index is -2.19. The van der Waals surface area contributed by atoms with Gasteiger partial charge in [0.15, 0.2) is 5.60 Å². The molecule has 0 radical (unpaired) electrons. The van der Waals surface area contributed by atoms with Gasteiger partial charge in [0, 0.05) is 5.39 Å². The third kappa shape index (κ3) is 3.70. The zero-order valence-corrected chi connectivity index (χ0v) is 15.6. The number of nitrogens with zero attached hydrogens (tertiary/aromatic N) is 1. The molecule has 0 fully saturated rings. The average Bonchev–Trinajstić information content (AvgIpc) is 2.77. The Kier molecular flexibility index (Phi) is 5.12. The van der Waals surface area contributed by atoms with Crippen molar-refractivity contribution in [3.8, 4) is 0 Å². The Morgan fingerprint density at radius 3 is 1.97 bits per heavy atom. The van der Waals surface area contributed by atoms with E-state index in [1.165, 1.54) is 24.3 Å². The monoisotopic (exact) mass is 405 g/mol.